The summed E-state index contributed by atoms with van der Waals surface area (Å²) in [5, 5.41) is 8.96. The summed E-state index contributed by atoms with van der Waals surface area (Å²) in [5.41, 5.74) is 5.23. The highest BCUT2D eigenvalue weighted by Crippen LogP contribution is 2.35. The molecule has 3 N–H and O–H groups in total. The standard InChI is InChI=1S/C47H52N10O6/c58-40-15-14-39(47(62)53-40)33-6-12-38(13-7-33)63-28-43(61)55-18-16-32(17-19-55)25-42(60)56-22-20-54(21-23-56)36-10-8-34(9-11-36)52-45-44-46(49-29-48-45)57(30-50-44)37-26-35(27-37)51-41(59)24-31-4-2-1-3-5-31/h1-13,29-30,32,35,37,39H,14-28H2,(H,51,59)(H,48,49,52)(H,53,58,62). The molecule has 3 saturated heterocycles. The first-order chi connectivity index (χ1) is 30.7. The highest BCUT2D eigenvalue weighted by molar-refractivity contribution is 6.01. The molecule has 1 saturated carbocycles. The molecule has 0 bridgehead atoms. The van der Waals surface area contributed by atoms with Gasteiger partial charge in [0.05, 0.1) is 18.7 Å². The number of imidazole rings is 1. The molecule has 1 aliphatic carbocycles. The zero-order valence-electron chi connectivity index (χ0n) is 35.2. The van der Waals surface area contributed by atoms with Crippen molar-refractivity contribution >= 4 is 57.9 Å². The number of fused-ring (bicyclic) bond motifs is 1. The van der Waals surface area contributed by atoms with Gasteiger partial charge in [-0.05, 0) is 85.5 Å². The van der Waals surface area contributed by atoms with E-state index in [1.165, 1.54) is 0 Å². The highest BCUT2D eigenvalue weighted by Gasteiger charge is 2.34. The zero-order valence-corrected chi connectivity index (χ0v) is 35.2. The lowest BCUT2D eigenvalue weighted by Gasteiger charge is -2.37. The Morgan fingerprint density at radius 1 is 0.778 bits per heavy atom. The van der Waals surface area contributed by atoms with Gasteiger partial charge in [0.25, 0.3) is 5.91 Å². The number of piperidine rings is 2. The molecule has 0 radical (unpaired) electrons. The van der Waals surface area contributed by atoms with Crippen molar-refractivity contribution in [3.63, 3.8) is 0 Å². The molecule has 1 atom stereocenters. The number of benzene rings is 3. The Labute approximate surface area is 365 Å². The number of rotatable bonds is 13. The maximum Gasteiger partial charge on any atom is 0.260 e. The van der Waals surface area contributed by atoms with Crippen LogP contribution in [0.1, 0.15) is 68.0 Å². The maximum absolute atomic E-state index is 13.4. The van der Waals surface area contributed by atoms with E-state index in [0.717, 1.165) is 66.9 Å². The molecule has 9 rings (SSSR count). The third-order valence-corrected chi connectivity index (χ3v) is 12.9. The van der Waals surface area contributed by atoms with Crippen LogP contribution in [-0.2, 0) is 30.4 Å². The van der Waals surface area contributed by atoms with Crippen LogP contribution in [0, 0.1) is 5.92 Å². The Hall–Kier alpha value is -6.84. The fourth-order valence-electron chi connectivity index (χ4n) is 9.12. The monoisotopic (exact) mass is 852 g/mol. The first-order valence-electron chi connectivity index (χ1n) is 22.0. The molecular weight excluding hydrogens is 801 g/mol. The Balaban J connectivity index is 0.682. The van der Waals surface area contributed by atoms with E-state index in [2.05, 4.69) is 52.5 Å². The fraction of sp³-hybridized carbons (Fsp3) is 0.404. The largest absolute Gasteiger partial charge is 0.484 e. The predicted molar refractivity (Wildman–Crippen MR) is 235 cm³/mol. The maximum atomic E-state index is 13.4. The molecule has 5 amide bonds. The summed E-state index contributed by atoms with van der Waals surface area (Å²) in [5.74, 6) is 0.632. The van der Waals surface area contributed by atoms with Gasteiger partial charge in [0, 0.05) is 75.6 Å². The molecule has 16 heteroatoms. The van der Waals surface area contributed by atoms with Crippen molar-refractivity contribution in [2.45, 2.75) is 69.4 Å². The number of piperazine rings is 1. The summed E-state index contributed by atoms with van der Waals surface area (Å²) in [7, 11) is 0. The average molecular weight is 853 g/mol. The third kappa shape index (κ3) is 9.79. The second-order valence-corrected chi connectivity index (χ2v) is 17.0. The van der Waals surface area contributed by atoms with Crippen LogP contribution in [0.3, 0.4) is 0 Å². The van der Waals surface area contributed by atoms with E-state index >= 15 is 0 Å². The lowest BCUT2D eigenvalue weighted by Crippen LogP contribution is -2.49. The van der Waals surface area contributed by atoms with Crippen molar-refractivity contribution in [3.05, 3.63) is 103 Å². The summed E-state index contributed by atoms with van der Waals surface area (Å²) >= 11 is 0. The minimum absolute atomic E-state index is 0.0362. The lowest BCUT2D eigenvalue weighted by atomic mass is 9.86. The van der Waals surface area contributed by atoms with Crippen molar-refractivity contribution in [2.75, 3.05) is 56.1 Å². The van der Waals surface area contributed by atoms with Crippen LogP contribution in [0.5, 0.6) is 5.75 Å². The minimum atomic E-state index is -0.366. The van der Waals surface area contributed by atoms with E-state index in [9.17, 15) is 24.0 Å². The lowest BCUT2D eigenvalue weighted by molar-refractivity contribution is -0.136. The first-order valence-corrected chi connectivity index (χ1v) is 22.0. The van der Waals surface area contributed by atoms with Crippen molar-refractivity contribution < 1.29 is 28.7 Å². The number of likely N-dealkylation sites (tertiary alicyclic amines) is 1. The van der Waals surface area contributed by atoms with E-state index in [0.29, 0.717) is 68.9 Å². The number of anilines is 3. The van der Waals surface area contributed by atoms with Crippen LogP contribution < -0.4 is 25.6 Å². The van der Waals surface area contributed by atoms with Gasteiger partial charge in [0.2, 0.25) is 23.6 Å². The summed E-state index contributed by atoms with van der Waals surface area (Å²) in [4.78, 5) is 82.3. The van der Waals surface area contributed by atoms with Crippen molar-refractivity contribution in [3.8, 4) is 5.75 Å². The smallest absolute Gasteiger partial charge is 0.260 e. The van der Waals surface area contributed by atoms with Gasteiger partial charge in [-0.2, -0.15) is 0 Å². The van der Waals surface area contributed by atoms with Gasteiger partial charge in [0.15, 0.2) is 23.6 Å². The summed E-state index contributed by atoms with van der Waals surface area (Å²) < 4.78 is 7.85. The molecule has 1 unspecified atom stereocenters. The van der Waals surface area contributed by atoms with Crippen molar-refractivity contribution in [1.82, 2.24) is 40.0 Å². The number of aromatic nitrogens is 4. The SMILES string of the molecule is O=C1CCC(c2ccc(OCC(=O)N3CCC(CC(=O)N4CCN(c5ccc(Nc6ncnc7c6ncn7C6CC(NC(=O)Cc7ccccc7)C6)cc5)CC4)CC3)cc2)C(=O)N1. The highest BCUT2D eigenvalue weighted by atomic mass is 16.5. The van der Waals surface area contributed by atoms with Crippen molar-refractivity contribution in [2.24, 2.45) is 5.92 Å². The Morgan fingerprint density at radius 3 is 2.24 bits per heavy atom. The van der Waals surface area contributed by atoms with Crippen LogP contribution in [-0.4, -0.2) is 111 Å². The minimum Gasteiger partial charge on any atom is -0.484 e. The van der Waals surface area contributed by atoms with E-state index < -0.39 is 0 Å². The normalized spacial score (nSPS) is 20.5. The Kier molecular flexibility index (Phi) is 12.3. The number of nitrogens with zero attached hydrogens (tertiary/aromatic N) is 7. The van der Waals surface area contributed by atoms with E-state index in [1.807, 2.05) is 58.6 Å². The topological polar surface area (TPSA) is 184 Å². The van der Waals surface area contributed by atoms with Gasteiger partial charge in [0.1, 0.15) is 12.1 Å². The van der Waals surface area contributed by atoms with Crippen LogP contribution >= 0.6 is 0 Å². The van der Waals surface area contributed by atoms with Crippen LogP contribution in [0.15, 0.2) is 91.5 Å². The van der Waals surface area contributed by atoms with Gasteiger partial charge >= 0.3 is 0 Å². The number of nitrogens with one attached hydrogen (secondary N) is 3. The molecule has 326 valence electrons. The van der Waals surface area contributed by atoms with Gasteiger partial charge in [-0.1, -0.05) is 42.5 Å². The van der Waals surface area contributed by atoms with E-state index in [4.69, 9.17) is 4.74 Å². The molecule has 3 aromatic carbocycles. The van der Waals surface area contributed by atoms with Gasteiger partial charge in [-0.25, -0.2) is 15.0 Å². The van der Waals surface area contributed by atoms with Gasteiger partial charge < -0.3 is 34.6 Å². The number of imide groups is 1. The molecule has 16 nitrogen and oxygen atoms in total. The molecule has 2 aromatic heterocycles. The first kappa shape index (κ1) is 41.5. The molecule has 3 aliphatic heterocycles. The zero-order chi connectivity index (χ0) is 43.3. The van der Waals surface area contributed by atoms with Gasteiger partial charge in [-0.15, -0.1) is 0 Å². The number of hydrogen-bond donors (Lipinski definition) is 3. The second kappa shape index (κ2) is 18.6. The number of ether oxygens (including phenoxy) is 1. The molecule has 5 aromatic rings. The molecule has 4 aliphatic rings. The predicted octanol–water partition coefficient (Wildman–Crippen LogP) is 4.51. The van der Waals surface area contributed by atoms with E-state index in [1.54, 1.807) is 30.6 Å². The number of carbonyl (C=O) groups is 5. The van der Waals surface area contributed by atoms with Crippen LogP contribution in [0.4, 0.5) is 17.2 Å². The summed E-state index contributed by atoms with van der Waals surface area (Å²) in [6.07, 6.45) is 8.21. The van der Waals surface area contributed by atoms with Gasteiger partial charge in [-0.3, -0.25) is 29.3 Å². The summed E-state index contributed by atoms with van der Waals surface area (Å²) in [6.45, 7) is 3.91. The Bertz CT molecular complexity index is 2440. The number of amides is 5. The molecule has 5 heterocycles. The third-order valence-electron chi connectivity index (χ3n) is 12.9. The number of carbonyl (C=O) groups excluding carboxylic acids is 5. The average Bonchev–Trinajstić information content (AvgIpc) is 3.72. The molecule has 63 heavy (non-hydrogen) atoms. The van der Waals surface area contributed by atoms with E-state index in [-0.39, 0.29) is 60.1 Å². The molecular formula is C47H52N10O6. The summed E-state index contributed by atoms with van der Waals surface area (Å²) in [6, 6.07) is 25.4. The fourth-order valence-corrected chi connectivity index (χ4v) is 9.12. The second-order valence-electron chi connectivity index (χ2n) is 17.0. The quantitative estimate of drug-likeness (QED) is 0.142. The molecule has 0 spiro atoms. The molecule has 4 fully saturated rings. The van der Waals surface area contributed by atoms with Crippen LogP contribution in [0.25, 0.3) is 11.2 Å². The Morgan fingerprint density at radius 2 is 1.51 bits per heavy atom. The van der Waals surface area contributed by atoms with Crippen LogP contribution in [0.2, 0.25) is 0 Å². The number of hydrogen-bond acceptors (Lipinski definition) is 11. The van der Waals surface area contributed by atoms with Crippen molar-refractivity contribution in [1.29, 1.82) is 0 Å².